The molecular formula is C23H27F4N5O2. The minimum atomic E-state index is -3.18. The summed E-state index contributed by atoms with van der Waals surface area (Å²) in [7, 11) is 0. The fraction of sp³-hybridized carbons (Fsp3) is 0.391. The third-order valence-corrected chi connectivity index (χ3v) is 4.81. The molecule has 0 spiro atoms. The van der Waals surface area contributed by atoms with Gasteiger partial charge in [0.15, 0.2) is 6.61 Å². The molecule has 0 radical (unpaired) electrons. The molecule has 0 aliphatic carbocycles. The van der Waals surface area contributed by atoms with Crippen LogP contribution in [0.5, 0.6) is 5.88 Å². The molecule has 2 aromatic rings. The predicted octanol–water partition coefficient (Wildman–Crippen LogP) is 4.88. The molecular weight excluding hydrogens is 454 g/mol. The van der Waals surface area contributed by atoms with Gasteiger partial charge in [-0.3, -0.25) is 4.79 Å². The second-order valence-electron chi connectivity index (χ2n) is 7.95. The Morgan fingerprint density at radius 3 is 2.32 bits per heavy atom. The Morgan fingerprint density at radius 1 is 1.12 bits per heavy atom. The van der Waals surface area contributed by atoms with Crippen LogP contribution < -0.4 is 15.4 Å². The van der Waals surface area contributed by atoms with Crippen molar-refractivity contribution in [2.45, 2.75) is 45.6 Å². The van der Waals surface area contributed by atoms with Crippen molar-refractivity contribution in [2.24, 2.45) is 0 Å². The van der Waals surface area contributed by atoms with Crippen molar-refractivity contribution in [2.75, 3.05) is 18.5 Å². The number of aryl methyl sites for hydroxylation is 1. The number of hydrogen-bond acceptors (Lipinski definition) is 6. The first kappa shape index (κ1) is 26.7. The van der Waals surface area contributed by atoms with Crippen molar-refractivity contribution in [3.8, 4) is 5.88 Å². The third kappa shape index (κ3) is 7.26. The SMILES string of the molecule is C=C(C)C(F)(F)CNc1nc(C)cc(C(=O)NC(C)c2ccc(OCC(F)(F)C(=C)C)nc2)n1. The maximum atomic E-state index is 13.8. The molecule has 1 amide bonds. The Labute approximate surface area is 195 Å². The lowest BCUT2D eigenvalue weighted by Crippen LogP contribution is -2.30. The first-order chi connectivity index (χ1) is 15.7. The van der Waals surface area contributed by atoms with Gasteiger partial charge < -0.3 is 15.4 Å². The lowest BCUT2D eigenvalue weighted by Gasteiger charge is -2.18. The molecule has 0 saturated carbocycles. The highest BCUT2D eigenvalue weighted by molar-refractivity contribution is 5.92. The molecule has 7 nitrogen and oxygen atoms in total. The summed E-state index contributed by atoms with van der Waals surface area (Å²) in [5.41, 5.74) is 0.342. The van der Waals surface area contributed by atoms with Gasteiger partial charge in [0.2, 0.25) is 11.8 Å². The maximum Gasteiger partial charge on any atom is 0.302 e. The van der Waals surface area contributed by atoms with E-state index in [1.165, 1.54) is 32.2 Å². The van der Waals surface area contributed by atoms with E-state index in [1.54, 1.807) is 19.9 Å². The number of nitrogens with one attached hydrogen (secondary N) is 2. The van der Waals surface area contributed by atoms with Crippen molar-refractivity contribution in [1.82, 2.24) is 20.3 Å². The molecule has 2 rings (SSSR count). The number of amides is 1. The first-order valence-corrected chi connectivity index (χ1v) is 10.3. The van der Waals surface area contributed by atoms with Crippen LogP contribution >= 0.6 is 0 Å². The number of hydrogen-bond donors (Lipinski definition) is 2. The van der Waals surface area contributed by atoms with Gasteiger partial charge in [-0.2, -0.15) is 17.6 Å². The van der Waals surface area contributed by atoms with Crippen molar-refractivity contribution in [3.63, 3.8) is 0 Å². The van der Waals surface area contributed by atoms with E-state index in [1.807, 2.05) is 0 Å². The van der Waals surface area contributed by atoms with Gasteiger partial charge in [0.25, 0.3) is 11.8 Å². The second kappa shape index (κ2) is 10.6. The molecule has 184 valence electrons. The van der Waals surface area contributed by atoms with Crippen LogP contribution in [0, 0.1) is 6.92 Å². The Morgan fingerprint density at radius 2 is 1.76 bits per heavy atom. The summed E-state index contributed by atoms with van der Waals surface area (Å²) < 4.78 is 59.7. The van der Waals surface area contributed by atoms with Gasteiger partial charge in [0.05, 0.1) is 12.6 Å². The van der Waals surface area contributed by atoms with E-state index in [-0.39, 0.29) is 28.7 Å². The number of carbonyl (C=O) groups is 1. The Bertz CT molecular complexity index is 1060. The van der Waals surface area contributed by atoms with Crippen LogP contribution in [0.4, 0.5) is 23.5 Å². The molecule has 34 heavy (non-hydrogen) atoms. The number of nitrogens with zero attached hydrogens (tertiary/aromatic N) is 3. The second-order valence-corrected chi connectivity index (χ2v) is 7.95. The molecule has 0 aromatic carbocycles. The molecule has 2 aromatic heterocycles. The monoisotopic (exact) mass is 481 g/mol. The topological polar surface area (TPSA) is 89.0 Å². The van der Waals surface area contributed by atoms with Crippen molar-refractivity contribution < 1.29 is 27.1 Å². The number of carbonyl (C=O) groups excluding carboxylic acids is 1. The summed E-state index contributed by atoms with van der Waals surface area (Å²) in [5.74, 6) is -7.02. The molecule has 2 heterocycles. The van der Waals surface area contributed by atoms with Gasteiger partial charge in [-0.15, -0.1) is 0 Å². The van der Waals surface area contributed by atoms with Crippen LogP contribution in [-0.4, -0.2) is 45.9 Å². The van der Waals surface area contributed by atoms with Crippen LogP contribution in [0.2, 0.25) is 0 Å². The number of rotatable bonds is 11. The quantitative estimate of drug-likeness (QED) is 0.351. The average molecular weight is 481 g/mol. The standard InChI is InChI=1S/C23H27F4N5O2/c1-13(2)22(24,25)11-29-21-30-15(5)9-18(32-21)20(33)31-16(6)17-7-8-19(28-10-17)34-12-23(26,27)14(3)4/h7-10,16H,1,3,11-12H2,2,4-6H3,(H,31,33)(H,29,30,32). The van der Waals surface area contributed by atoms with Gasteiger partial charge in [-0.25, -0.2) is 15.0 Å². The summed E-state index contributed by atoms with van der Waals surface area (Å²) in [6, 6.07) is 3.88. The molecule has 1 atom stereocenters. The van der Waals surface area contributed by atoms with Crippen LogP contribution in [0.15, 0.2) is 48.7 Å². The number of ether oxygens (including phenoxy) is 1. The number of anilines is 1. The molecule has 11 heteroatoms. The van der Waals surface area contributed by atoms with Crippen molar-refractivity contribution >= 4 is 11.9 Å². The number of alkyl halides is 4. The zero-order valence-electron chi connectivity index (χ0n) is 19.4. The lowest BCUT2D eigenvalue weighted by atomic mass is 10.1. The summed E-state index contributed by atoms with van der Waals surface area (Å²) >= 11 is 0. The summed E-state index contributed by atoms with van der Waals surface area (Å²) in [6.45, 7) is 10.5. The van der Waals surface area contributed by atoms with E-state index in [4.69, 9.17) is 4.74 Å². The number of pyridine rings is 1. The van der Waals surface area contributed by atoms with Crippen LogP contribution in [-0.2, 0) is 0 Å². The summed E-state index contributed by atoms with van der Waals surface area (Å²) in [4.78, 5) is 24.7. The van der Waals surface area contributed by atoms with Gasteiger partial charge in [0, 0.05) is 18.0 Å². The Hall–Kier alpha value is -3.50. The number of aromatic nitrogens is 3. The highest BCUT2D eigenvalue weighted by Gasteiger charge is 2.31. The molecule has 0 saturated heterocycles. The molecule has 1 unspecified atom stereocenters. The summed E-state index contributed by atoms with van der Waals surface area (Å²) in [6.07, 6.45) is 1.39. The minimum Gasteiger partial charge on any atom is -0.471 e. The van der Waals surface area contributed by atoms with Gasteiger partial charge in [-0.1, -0.05) is 19.2 Å². The van der Waals surface area contributed by atoms with E-state index in [0.29, 0.717) is 11.3 Å². The lowest BCUT2D eigenvalue weighted by molar-refractivity contribution is -0.00696. The van der Waals surface area contributed by atoms with Crippen molar-refractivity contribution in [3.05, 3.63) is 65.7 Å². The average Bonchev–Trinajstić information content (AvgIpc) is 2.76. The van der Waals surface area contributed by atoms with E-state index < -0.39 is 36.9 Å². The highest BCUT2D eigenvalue weighted by Crippen LogP contribution is 2.24. The largest absolute Gasteiger partial charge is 0.471 e. The Kier molecular flexibility index (Phi) is 8.36. The first-order valence-electron chi connectivity index (χ1n) is 10.3. The zero-order chi connectivity index (χ0) is 25.7. The smallest absolute Gasteiger partial charge is 0.302 e. The van der Waals surface area contributed by atoms with Crippen molar-refractivity contribution in [1.29, 1.82) is 0 Å². The zero-order valence-corrected chi connectivity index (χ0v) is 19.4. The van der Waals surface area contributed by atoms with E-state index in [0.717, 1.165) is 0 Å². The fourth-order valence-electron chi connectivity index (χ4n) is 2.48. The molecule has 0 aliphatic rings. The normalized spacial score (nSPS) is 12.6. The number of halogens is 4. The molecule has 0 fully saturated rings. The van der Waals surface area contributed by atoms with Gasteiger partial charge in [-0.05, 0) is 50.5 Å². The predicted molar refractivity (Wildman–Crippen MR) is 120 cm³/mol. The maximum absolute atomic E-state index is 13.8. The van der Waals surface area contributed by atoms with Crippen LogP contribution in [0.1, 0.15) is 48.6 Å². The third-order valence-electron chi connectivity index (χ3n) is 4.81. The molecule has 0 aliphatic heterocycles. The Balaban J connectivity index is 2.03. The van der Waals surface area contributed by atoms with Gasteiger partial charge in [0.1, 0.15) is 5.69 Å². The summed E-state index contributed by atoms with van der Waals surface area (Å²) in [5, 5.41) is 5.14. The van der Waals surface area contributed by atoms with E-state index in [2.05, 4.69) is 38.7 Å². The fourth-order valence-corrected chi connectivity index (χ4v) is 2.48. The minimum absolute atomic E-state index is 0.00287. The van der Waals surface area contributed by atoms with E-state index >= 15 is 0 Å². The van der Waals surface area contributed by atoms with Gasteiger partial charge >= 0.3 is 5.92 Å². The highest BCUT2D eigenvalue weighted by atomic mass is 19.3. The van der Waals surface area contributed by atoms with Crippen LogP contribution in [0.25, 0.3) is 0 Å². The van der Waals surface area contributed by atoms with Crippen LogP contribution in [0.3, 0.4) is 0 Å². The molecule has 2 N–H and O–H groups in total. The molecule has 0 bridgehead atoms. The van der Waals surface area contributed by atoms with E-state index in [9.17, 15) is 22.4 Å².